The highest BCUT2D eigenvalue weighted by Gasteiger charge is 2.12. The Morgan fingerprint density at radius 2 is 1.89 bits per heavy atom. The van der Waals surface area contributed by atoms with Crippen molar-refractivity contribution in [1.29, 1.82) is 0 Å². The van der Waals surface area contributed by atoms with Crippen molar-refractivity contribution >= 4 is 17.5 Å². The summed E-state index contributed by atoms with van der Waals surface area (Å²) in [6, 6.07) is 13.3. The number of para-hydroxylation sites is 1. The zero-order valence-corrected chi connectivity index (χ0v) is 15.8. The van der Waals surface area contributed by atoms with Crippen LogP contribution >= 0.6 is 0 Å². The minimum Gasteiger partial charge on any atom is -0.492 e. The molecule has 0 unspecified atom stereocenters. The van der Waals surface area contributed by atoms with Crippen LogP contribution in [0.1, 0.15) is 22.8 Å². The molecule has 0 N–H and O–H groups in total. The van der Waals surface area contributed by atoms with Gasteiger partial charge in [0.15, 0.2) is 17.3 Å². The monoisotopic (exact) mass is 367 g/mol. The first-order chi connectivity index (χ1) is 13.2. The standard InChI is InChI=1S/C22H25NO4/c1-3-27-21-6-4-5-18(22(21)25-2)9-12-20(24)17-7-10-19(11-8-17)23-13-15-26-16-14-23/h4-12H,3,13-16H2,1-2H3/b12-9+. The molecule has 5 heteroatoms. The number of benzene rings is 2. The Labute approximate surface area is 160 Å². The molecule has 1 aliphatic rings. The van der Waals surface area contributed by atoms with Gasteiger partial charge in [-0.05, 0) is 49.4 Å². The second-order valence-electron chi connectivity index (χ2n) is 6.16. The summed E-state index contributed by atoms with van der Waals surface area (Å²) >= 11 is 0. The maximum Gasteiger partial charge on any atom is 0.185 e. The average Bonchev–Trinajstić information content (AvgIpc) is 2.73. The van der Waals surface area contributed by atoms with Gasteiger partial charge in [0.1, 0.15) is 0 Å². The number of hydrogen-bond acceptors (Lipinski definition) is 5. The van der Waals surface area contributed by atoms with Crippen LogP contribution in [0.4, 0.5) is 5.69 Å². The van der Waals surface area contributed by atoms with Crippen LogP contribution in [0.5, 0.6) is 11.5 Å². The van der Waals surface area contributed by atoms with Crippen LogP contribution in [0.3, 0.4) is 0 Å². The van der Waals surface area contributed by atoms with Crippen molar-refractivity contribution in [3.05, 3.63) is 59.7 Å². The summed E-state index contributed by atoms with van der Waals surface area (Å²) < 4.78 is 16.4. The van der Waals surface area contributed by atoms with Crippen LogP contribution in [0, 0.1) is 0 Å². The molecule has 1 fully saturated rings. The van der Waals surface area contributed by atoms with E-state index in [9.17, 15) is 4.79 Å². The third kappa shape index (κ3) is 4.68. The van der Waals surface area contributed by atoms with Crippen LogP contribution in [0.2, 0.25) is 0 Å². The molecule has 0 spiro atoms. The van der Waals surface area contributed by atoms with Gasteiger partial charge in [-0.25, -0.2) is 0 Å². The highest BCUT2D eigenvalue weighted by Crippen LogP contribution is 2.32. The number of carbonyl (C=O) groups excluding carboxylic acids is 1. The third-order valence-corrected chi connectivity index (χ3v) is 4.46. The summed E-state index contributed by atoms with van der Waals surface area (Å²) in [4.78, 5) is 14.8. The number of allylic oxidation sites excluding steroid dienone is 1. The molecule has 0 aromatic heterocycles. The SMILES string of the molecule is CCOc1cccc(/C=C/C(=O)c2ccc(N3CCOCC3)cc2)c1OC. The fourth-order valence-electron chi connectivity index (χ4n) is 3.07. The molecular formula is C22H25NO4. The number of ketones is 1. The molecule has 142 valence electrons. The molecule has 5 nitrogen and oxygen atoms in total. The van der Waals surface area contributed by atoms with Gasteiger partial charge in [-0.3, -0.25) is 4.79 Å². The molecule has 0 radical (unpaired) electrons. The van der Waals surface area contributed by atoms with Crippen LogP contribution in [0.25, 0.3) is 6.08 Å². The van der Waals surface area contributed by atoms with E-state index in [2.05, 4.69) is 4.90 Å². The van der Waals surface area contributed by atoms with Gasteiger partial charge in [0.25, 0.3) is 0 Å². The van der Waals surface area contributed by atoms with Crippen molar-refractivity contribution in [2.24, 2.45) is 0 Å². The minimum atomic E-state index is -0.0487. The number of rotatable bonds is 7. The number of ether oxygens (including phenoxy) is 3. The van der Waals surface area contributed by atoms with E-state index in [1.165, 1.54) is 0 Å². The van der Waals surface area contributed by atoms with Crippen molar-refractivity contribution in [3.63, 3.8) is 0 Å². The fourth-order valence-corrected chi connectivity index (χ4v) is 3.07. The Kier molecular flexibility index (Phi) is 6.49. The van der Waals surface area contributed by atoms with Gasteiger partial charge >= 0.3 is 0 Å². The second kappa shape index (κ2) is 9.24. The van der Waals surface area contributed by atoms with Gasteiger partial charge in [-0.1, -0.05) is 12.1 Å². The van der Waals surface area contributed by atoms with E-state index in [4.69, 9.17) is 14.2 Å². The van der Waals surface area contributed by atoms with Crippen molar-refractivity contribution in [2.75, 3.05) is 44.9 Å². The molecule has 0 aliphatic carbocycles. The molecule has 1 saturated heterocycles. The van der Waals surface area contributed by atoms with E-state index >= 15 is 0 Å². The van der Waals surface area contributed by atoms with Crippen molar-refractivity contribution in [3.8, 4) is 11.5 Å². The van der Waals surface area contributed by atoms with Crippen LogP contribution in [-0.2, 0) is 4.74 Å². The van der Waals surface area contributed by atoms with Crippen LogP contribution in [-0.4, -0.2) is 45.8 Å². The third-order valence-electron chi connectivity index (χ3n) is 4.46. The number of nitrogens with zero attached hydrogens (tertiary/aromatic N) is 1. The summed E-state index contributed by atoms with van der Waals surface area (Å²) in [5, 5.41) is 0. The molecule has 0 bridgehead atoms. The predicted octanol–water partition coefficient (Wildman–Crippen LogP) is 3.83. The quantitative estimate of drug-likeness (QED) is 0.550. The van der Waals surface area contributed by atoms with Crippen molar-refractivity contribution < 1.29 is 19.0 Å². The lowest BCUT2D eigenvalue weighted by Gasteiger charge is -2.28. The summed E-state index contributed by atoms with van der Waals surface area (Å²) in [6.07, 6.45) is 3.33. The highest BCUT2D eigenvalue weighted by molar-refractivity contribution is 6.07. The molecule has 1 aliphatic heterocycles. The average molecular weight is 367 g/mol. The zero-order valence-electron chi connectivity index (χ0n) is 15.8. The molecule has 2 aromatic carbocycles. The van der Waals surface area contributed by atoms with Gasteiger partial charge in [-0.15, -0.1) is 0 Å². The van der Waals surface area contributed by atoms with E-state index in [0.29, 0.717) is 23.7 Å². The van der Waals surface area contributed by atoms with Gasteiger partial charge in [0.05, 0.1) is 26.9 Å². The number of methoxy groups -OCH3 is 1. The number of morpholine rings is 1. The maximum absolute atomic E-state index is 12.5. The maximum atomic E-state index is 12.5. The first-order valence-corrected chi connectivity index (χ1v) is 9.18. The van der Waals surface area contributed by atoms with Gasteiger partial charge < -0.3 is 19.1 Å². The summed E-state index contributed by atoms with van der Waals surface area (Å²) in [6.45, 7) is 5.72. The summed E-state index contributed by atoms with van der Waals surface area (Å²) in [7, 11) is 1.60. The molecule has 0 atom stereocenters. The van der Waals surface area contributed by atoms with E-state index in [-0.39, 0.29) is 5.78 Å². The van der Waals surface area contributed by atoms with E-state index < -0.39 is 0 Å². The van der Waals surface area contributed by atoms with E-state index in [0.717, 1.165) is 37.6 Å². The van der Waals surface area contributed by atoms with Gasteiger partial charge in [0.2, 0.25) is 0 Å². The Hall–Kier alpha value is -2.79. The number of hydrogen-bond donors (Lipinski definition) is 0. The van der Waals surface area contributed by atoms with Crippen molar-refractivity contribution in [2.45, 2.75) is 6.92 Å². The lowest BCUT2D eigenvalue weighted by atomic mass is 10.1. The summed E-state index contributed by atoms with van der Waals surface area (Å²) in [5.41, 5.74) is 2.58. The number of carbonyl (C=O) groups is 1. The number of anilines is 1. The molecular weight excluding hydrogens is 342 g/mol. The van der Waals surface area contributed by atoms with Gasteiger partial charge in [-0.2, -0.15) is 0 Å². The Balaban J connectivity index is 1.72. The minimum absolute atomic E-state index is 0.0487. The smallest absolute Gasteiger partial charge is 0.185 e. The lowest BCUT2D eigenvalue weighted by Crippen LogP contribution is -2.36. The Morgan fingerprint density at radius 3 is 2.56 bits per heavy atom. The Morgan fingerprint density at radius 1 is 1.15 bits per heavy atom. The molecule has 27 heavy (non-hydrogen) atoms. The lowest BCUT2D eigenvalue weighted by molar-refractivity contribution is 0.104. The molecule has 1 heterocycles. The van der Waals surface area contributed by atoms with Crippen LogP contribution < -0.4 is 14.4 Å². The largest absolute Gasteiger partial charge is 0.492 e. The van der Waals surface area contributed by atoms with E-state index in [1.54, 1.807) is 19.3 Å². The van der Waals surface area contributed by atoms with Crippen molar-refractivity contribution in [1.82, 2.24) is 0 Å². The topological polar surface area (TPSA) is 48.0 Å². The molecule has 0 saturated carbocycles. The molecule has 0 amide bonds. The van der Waals surface area contributed by atoms with Gasteiger partial charge in [0, 0.05) is 29.9 Å². The first kappa shape index (κ1) is 19.0. The zero-order chi connectivity index (χ0) is 19.1. The molecule has 3 rings (SSSR count). The van der Waals surface area contributed by atoms with Crippen LogP contribution in [0.15, 0.2) is 48.5 Å². The molecule has 2 aromatic rings. The normalized spacial score (nSPS) is 14.4. The second-order valence-corrected chi connectivity index (χ2v) is 6.16. The first-order valence-electron chi connectivity index (χ1n) is 9.18. The predicted molar refractivity (Wildman–Crippen MR) is 107 cm³/mol. The summed E-state index contributed by atoms with van der Waals surface area (Å²) in [5.74, 6) is 1.25. The highest BCUT2D eigenvalue weighted by atomic mass is 16.5. The van der Waals surface area contributed by atoms with E-state index in [1.807, 2.05) is 49.4 Å². The fraction of sp³-hybridized carbons (Fsp3) is 0.318. The Bertz CT molecular complexity index is 792.